The van der Waals surface area contributed by atoms with Gasteiger partial charge >= 0.3 is 0 Å². The van der Waals surface area contributed by atoms with Crippen molar-refractivity contribution in [1.82, 2.24) is 4.31 Å². The summed E-state index contributed by atoms with van der Waals surface area (Å²) >= 11 is 0. The van der Waals surface area contributed by atoms with Crippen LogP contribution >= 0.6 is 0 Å². The van der Waals surface area contributed by atoms with Gasteiger partial charge in [-0.2, -0.15) is 0 Å². The van der Waals surface area contributed by atoms with Gasteiger partial charge in [0.1, 0.15) is 5.41 Å². The smallest absolute Gasteiger partial charge is 0.267 e. The van der Waals surface area contributed by atoms with Crippen LogP contribution in [0.4, 0.5) is 0 Å². The number of benzene rings is 3. The SMILES string of the molecule is Cc1ccc(S(=O)(=O)N2C(=O)[C@@](CC(C)C)(c3ccccc3)[C@H]2c2ccccc2)cc1. The van der Waals surface area contributed by atoms with Gasteiger partial charge in [0.05, 0.1) is 10.9 Å². The fourth-order valence-corrected chi connectivity index (χ4v) is 6.34. The molecule has 5 heteroatoms. The van der Waals surface area contributed by atoms with Gasteiger partial charge in [-0.05, 0) is 42.5 Å². The number of carbonyl (C=O) groups is 1. The summed E-state index contributed by atoms with van der Waals surface area (Å²) in [6.07, 6.45) is 0.565. The quantitative estimate of drug-likeness (QED) is 0.499. The fourth-order valence-electron chi connectivity index (χ4n) is 4.67. The molecule has 0 radical (unpaired) electrons. The maximum Gasteiger partial charge on any atom is 0.267 e. The zero-order valence-electron chi connectivity index (χ0n) is 18.0. The van der Waals surface area contributed by atoms with Crippen molar-refractivity contribution in [2.75, 3.05) is 0 Å². The molecule has 1 aliphatic heterocycles. The number of rotatable bonds is 6. The molecular formula is C26H27NO3S. The van der Waals surface area contributed by atoms with Crippen molar-refractivity contribution in [1.29, 1.82) is 0 Å². The van der Waals surface area contributed by atoms with Gasteiger partial charge in [-0.25, -0.2) is 12.7 Å². The number of β-lactam (4-membered cyclic amide) rings is 1. The molecular weight excluding hydrogens is 406 g/mol. The molecule has 0 unspecified atom stereocenters. The topological polar surface area (TPSA) is 54.5 Å². The highest BCUT2D eigenvalue weighted by Gasteiger charge is 2.65. The molecule has 1 saturated heterocycles. The first-order chi connectivity index (χ1) is 14.8. The van der Waals surface area contributed by atoms with E-state index in [0.29, 0.717) is 6.42 Å². The number of hydrogen-bond acceptors (Lipinski definition) is 3. The maximum absolute atomic E-state index is 13.8. The molecule has 4 nitrogen and oxygen atoms in total. The second-order valence-corrected chi connectivity index (χ2v) is 10.5. The van der Waals surface area contributed by atoms with Gasteiger partial charge in [-0.3, -0.25) is 4.79 Å². The molecule has 0 aromatic heterocycles. The molecule has 3 aromatic rings. The normalized spacial score (nSPS) is 21.2. The van der Waals surface area contributed by atoms with E-state index in [2.05, 4.69) is 13.8 Å². The number of aryl methyl sites for hydroxylation is 1. The summed E-state index contributed by atoms with van der Waals surface area (Å²) in [4.78, 5) is 14.0. The average molecular weight is 434 g/mol. The lowest BCUT2D eigenvalue weighted by Gasteiger charge is -2.56. The number of hydrogen-bond donors (Lipinski definition) is 0. The molecule has 3 aromatic carbocycles. The Morgan fingerprint density at radius 2 is 1.42 bits per heavy atom. The molecule has 2 atom stereocenters. The molecule has 4 rings (SSSR count). The van der Waals surface area contributed by atoms with E-state index in [-0.39, 0.29) is 16.7 Å². The van der Waals surface area contributed by atoms with Gasteiger partial charge in [0, 0.05) is 0 Å². The van der Waals surface area contributed by atoms with Crippen LogP contribution in [0, 0.1) is 12.8 Å². The number of sulfonamides is 1. The Morgan fingerprint density at radius 1 is 0.871 bits per heavy atom. The molecule has 0 spiro atoms. The summed E-state index contributed by atoms with van der Waals surface area (Å²) in [6, 6.07) is 25.2. The zero-order valence-corrected chi connectivity index (χ0v) is 18.8. The Kier molecular flexibility index (Phi) is 5.48. The lowest BCUT2D eigenvalue weighted by Crippen LogP contribution is -2.67. The minimum absolute atomic E-state index is 0.138. The van der Waals surface area contributed by atoms with Crippen LogP contribution in [0.2, 0.25) is 0 Å². The van der Waals surface area contributed by atoms with Crippen LogP contribution in [0.15, 0.2) is 89.8 Å². The molecule has 160 valence electrons. The van der Waals surface area contributed by atoms with Crippen molar-refractivity contribution in [3.8, 4) is 0 Å². The van der Waals surface area contributed by atoms with Crippen LogP contribution in [0.25, 0.3) is 0 Å². The molecule has 1 aliphatic rings. The first-order valence-electron chi connectivity index (χ1n) is 10.5. The lowest BCUT2D eigenvalue weighted by molar-refractivity contribution is -0.152. The Balaban J connectivity index is 1.92. The maximum atomic E-state index is 13.8. The third kappa shape index (κ3) is 3.47. The van der Waals surface area contributed by atoms with Crippen LogP contribution in [-0.2, 0) is 20.2 Å². The van der Waals surface area contributed by atoms with Crippen molar-refractivity contribution in [3.63, 3.8) is 0 Å². The van der Waals surface area contributed by atoms with E-state index in [9.17, 15) is 13.2 Å². The summed E-state index contributed by atoms with van der Waals surface area (Å²) < 4.78 is 28.4. The van der Waals surface area contributed by atoms with Crippen molar-refractivity contribution in [2.24, 2.45) is 5.92 Å². The molecule has 1 heterocycles. The summed E-state index contributed by atoms with van der Waals surface area (Å²) in [5.41, 5.74) is 1.72. The van der Waals surface area contributed by atoms with Gasteiger partial charge < -0.3 is 0 Å². The van der Waals surface area contributed by atoms with Crippen molar-refractivity contribution in [2.45, 2.75) is 43.5 Å². The average Bonchev–Trinajstić information content (AvgIpc) is 2.76. The van der Waals surface area contributed by atoms with Crippen LogP contribution in [0.5, 0.6) is 0 Å². The van der Waals surface area contributed by atoms with Gasteiger partial charge in [0.2, 0.25) is 5.91 Å². The highest BCUT2D eigenvalue weighted by molar-refractivity contribution is 7.89. The van der Waals surface area contributed by atoms with Crippen molar-refractivity contribution >= 4 is 15.9 Å². The van der Waals surface area contributed by atoms with E-state index < -0.39 is 21.5 Å². The standard InChI is InChI=1S/C26H27NO3S/c1-19(2)18-26(22-12-8-5-9-13-22)24(21-10-6-4-7-11-21)27(25(26)28)31(29,30)23-16-14-20(3)15-17-23/h4-17,19,24H,18H2,1-3H3/t24-,26+/m1/s1. The van der Waals surface area contributed by atoms with E-state index >= 15 is 0 Å². The molecule has 0 saturated carbocycles. The molecule has 1 fully saturated rings. The van der Waals surface area contributed by atoms with Crippen LogP contribution in [0.1, 0.15) is 43.0 Å². The number of nitrogens with zero attached hydrogens (tertiary/aromatic N) is 1. The van der Waals surface area contributed by atoms with E-state index in [1.165, 1.54) is 0 Å². The molecule has 1 amide bonds. The fraction of sp³-hybridized carbons (Fsp3) is 0.269. The van der Waals surface area contributed by atoms with Gasteiger partial charge in [0.25, 0.3) is 10.0 Å². The first-order valence-corrected chi connectivity index (χ1v) is 12.0. The van der Waals surface area contributed by atoms with Gasteiger partial charge in [0.15, 0.2) is 0 Å². The van der Waals surface area contributed by atoms with Crippen LogP contribution in [0.3, 0.4) is 0 Å². The van der Waals surface area contributed by atoms with Gasteiger partial charge in [-0.1, -0.05) is 92.2 Å². The zero-order chi connectivity index (χ0) is 22.2. The Labute approximate surface area is 184 Å². The van der Waals surface area contributed by atoms with Gasteiger partial charge in [-0.15, -0.1) is 0 Å². The Bertz CT molecular complexity index is 1170. The monoisotopic (exact) mass is 433 g/mol. The molecule has 0 aliphatic carbocycles. The second kappa shape index (κ2) is 7.97. The second-order valence-electron chi connectivity index (χ2n) is 8.67. The third-order valence-electron chi connectivity index (χ3n) is 6.00. The minimum atomic E-state index is -4.00. The van der Waals surface area contributed by atoms with Crippen LogP contribution in [-0.4, -0.2) is 18.6 Å². The highest BCUT2D eigenvalue weighted by Crippen LogP contribution is 2.57. The molecule has 31 heavy (non-hydrogen) atoms. The predicted octanol–water partition coefficient (Wildman–Crippen LogP) is 5.25. The third-order valence-corrected chi connectivity index (χ3v) is 7.76. The summed E-state index contributed by atoms with van der Waals surface area (Å²) in [7, 11) is -4.00. The largest absolute Gasteiger partial charge is 0.273 e. The first kappa shape index (κ1) is 21.3. The highest BCUT2D eigenvalue weighted by atomic mass is 32.2. The predicted molar refractivity (Wildman–Crippen MR) is 122 cm³/mol. The minimum Gasteiger partial charge on any atom is -0.273 e. The van der Waals surface area contributed by atoms with E-state index in [1.807, 2.05) is 67.6 Å². The summed E-state index contributed by atoms with van der Waals surface area (Å²) in [6.45, 7) is 6.04. The van der Waals surface area contributed by atoms with Crippen LogP contribution < -0.4 is 0 Å². The van der Waals surface area contributed by atoms with E-state index in [1.54, 1.807) is 24.3 Å². The summed E-state index contributed by atoms with van der Waals surface area (Å²) in [5.74, 6) is -0.151. The Hall–Kier alpha value is -2.92. The van der Waals surface area contributed by atoms with E-state index in [4.69, 9.17) is 0 Å². The number of carbonyl (C=O) groups excluding carboxylic acids is 1. The Morgan fingerprint density at radius 3 is 1.97 bits per heavy atom. The van der Waals surface area contributed by atoms with Crippen molar-refractivity contribution < 1.29 is 13.2 Å². The lowest BCUT2D eigenvalue weighted by atomic mass is 9.61. The molecule has 0 N–H and O–H groups in total. The number of amides is 1. The summed E-state index contributed by atoms with van der Waals surface area (Å²) in [5, 5.41) is 0. The van der Waals surface area contributed by atoms with E-state index in [0.717, 1.165) is 21.0 Å². The molecule has 0 bridgehead atoms. The van der Waals surface area contributed by atoms with Crippen molar-refractivity contribution in [3.05, 3.63) is 102 Å².